The maximum atomic E-state index is 14.0. The lowest BCUT2D eigenvalue weighted by atomic mass is 9.97. The number of carbonyl (C=O) groups is 1. The molecule has 3 heterocycles. The Labute approximate surface area is 251 Å². The molecule has 0 fully saturated rings. The van der Waals surface area contributed by atoms with Gasteiger partial charge in [0.15, 0.2) is 28.7 Å². The van der Waals surface area contributed by atoms with E-state index in [2.05, 4.69) is 10.2 Å². The van der Waals surface area contributed by atoms with Gasteiger partial charge in [-0.15, -0.1) is 0 Å². The largest absolute Gasteiger partial charge is 0.493 e. The van der Waals surface area contributed by atoms with Crippen molar-refractivity contribution in [2.24, 2.45) is 4.99 Å². The van der Waals surface area contributed by atoms with Gasteiger partial charge in [0.25, 0.3) is 0 Å². The second kappa shape index (κ2) is 12.1. The van der Waals surface area contributed by atoms with Crippen molar-refractivity contribution in [3.8, 4) is 22.8 Å². The minimum Gasteiger partial charge on any atom is -0.493 e. The SMILES string of the molecule is CCOc1cc2c(cc1OC)-c1cc(=Nc3c(C)cc(C)cc3C)n(CCCC(=O)c3n[nH]nc3C(F)(F)F)c(=O)n1CC2. The highest BCUT2D eigenvalue weighted by molar-refractivity contribution is 5.95. The number of aryl methyl sites for hydroxylation is 4. The fourth-order valence-electron chi connectivity index (χ4n) is 5.68. The molecule has 5 rings (SSSR count). The second-order valence-corrected chi connectivity index (χ2v) is 10.7. The van der Waals surface area contributed by atoms with Crippen LogP contribution in [0.25, 0.3) is 11.3 Å². The number of hydrogen-bond acceptors (Lipinski definition) is 7. The number of ether oxygens (including phenoxy) is 2. The number of rotatable bonds is 9. The number of methoxy groups -OCH3 is 1. The first-order valence-corrected chi connectivity index (χ1v) is 14.2. The van der Waals surface area contributed by atoms with E-state index in [1.165, 1.54) is 4.57 Å². The number of nitrogens with one attached hydrogen (secondary N) is 1. The third-order valence-electron chi connectivity index (χ3n) is 7.59. The van der Waals surface area contributed by atoms with Gasteiger partial charge in [-0.1, -0.05) is 17.7 Å². The molecule has 0 amide bonds. The molecule has 1 N–H and O–H groups in total. The van der Waals surface area contributed by atoms with Crippen LogP contribution in [-0.4, -0.2) is 44.0 Å². The molecular formula is C31H33F3N6O4. The Morgan fingerprint density at radius 3 is 2.45 bits per heavy atom. The third kappa shape index (κ3) is 5.90. The molecule has 0 atom stereocenters. The summed E-state index contributed by atoms with van der Waals surface area (Å²) < 4.78 is 54.2. The number of hydrogen-bond donors (Lipinski definition) is 1. The van der Waals surface area contributed by atoms with E-state index in [-0.39, 0.29) is 25.1 Å². The minimum absolute atomic E-state index is 0.0479. The van der Waals surface area contributed by atoms with Gasteiger partial charge in [0.2, 0.25) is 0 Å². The van der Waals surface area contributed by atoms with Gasteiger partial charge >= 0.3 is 11.9 Å². The van der Waals surface area contributed by atoms with Crippen LogP contribution in [0.3, 0.4) is 0 Å². The molecule has 2 aromatic heterocycles. The van der Waals surface area contributed by atoms with Gasteiger partial charge in [0.1, 0.15) is 5.49 Å². The molecule has 0 bridgehead atoms. The molecule has 0 aliphatic carbocycles. The standard InChI is InChI=1S/C31H33F3N6O4/c1-6-44-25-14-20-9-11-39-22(21(20)15-24(25)43-5)16-26(35-27-18(3)12-17(2)13-19(27)4)40(30(39)42)10-7-8-23(41)28-29(31(32,33)34)37-38-36-28/h12-16H,6-11H2,1-5H3,(H,36,37,38). The van der Waals surface area contributed by atoms with Crippen molar-refractivity contribution in [1.29, 1.82) is 0 Å². The molecule has 1 aliphatic heterocycles. The number of benzene rings is 2. The lowest BCUT2D eigenvalue weighted by Gasteiger charge is -2.25. The first-order valence-electron chi connectivity index (χ1n) is 14.2. The summed E-state index contributed by atoms with van der Waals surface area (Å²) in [6.45, 7) is 8.69. The van der Waals surface area contributed by atoms with Crippen LogP contribution in [-0.2, 0) is 25.7 Å². The Hall–Kier alpha value is -4.68. The molecule has 0 saturated heterocycles. The van der Waals surface area contributed by atoms with Crippen LogP contribution in [0.5, 0.6) is 11.5 Å². The maximum Gasteiger partial charge on any atom is 0.437 e. The van der Waals surface area contributed by atoms with Crippen molar-refractivity contribution in [3.63, 3.8) is 0 Å². The van der Waals surface area contributed by atoms with Gasteiger partial charge in [-0.25, -0.2) is 9.79 Å². The summed E-state index contributed by atoms with van der Waals surface area (Å²) in [5, 5.41) is 8.40. The molecule has 4 aromatic rings. The predicted molar refractivity (Wildman–Crippen MR) is 156 cm³/mol. The number of aromatic amines is 1. The Morgan fingerprint density at radius 2 is 1.80 bits per heavy atom. The highest BCUT2D eigenvalue weighted by Crippen LogP contribution is 2.38. The number of nitrogens with zero attached hydrogens (tertiary/aromatic N) is 5. The number of fused-ring (bicyclic) bond motifs is 3. The molecule has 44 heavy (non-hydrogen) atoms. The molecule has 10 nitrogen and oxygen atoms in total. The number of carbonyl (C=O) groups excluding carboxylic acids is 1. The molecule has 0 spiro atoms. The average Bonchev–Trinajstić information content (AvgIpc) is 3.47. The van der Waals surface area contributed by atoms with E-state index in [0.717, 1.165) is 27.8 Å². The number of aromatic nitrogens is 5. The smallest absolute Gasteiger partial charge is 0.437 e. The molecule has 0 radical (unpaired) electrons. The molecular weight excluding hydrogens is 577 g/mol. The van der Waals surface area contributed by atoms with Gasteiger partial charge < -0.3 is 9.47 Å². The third-order valence-corrected chi connectivity index (χ3v) is 7.59. The van der Waals surface area contributed by atoms with Crippen molar-refractivity contribution >= 4 is 11.5 Å². The van der Waals surface area contributed by atoms with Crippen molar-refractivity contribution in [1.82, 2.24) is 24.5 Å². The van der Waals surface area contributed by atoms with Crippen LogP contribution < -0.4 is 20.7 Å². The molecule has 0 saturated carbocycles. The van der Waals surface area contributed by atoms with Gasteiger partial charge in [0, 0.05) is 31.1 Å². The number of ketones is 1. The van der Waals surface area contributed by atoms with Crippen LogP contribution in [0, 0.1) is 20.8 Å². The van der Waals surface area contributed by atoms with Crippen molar-refractivity contribution in [3.05, 3.63) is 79.9 Å². The van der Waals surface area contributed by atoms with E-state index < -0.39 is 23.3 Å². The maximum absolute atomic E-state index is 14.0. The first kappa shape index (κ1) is 30.8. The van der Waals surface area contributed by atoms with Gasteiger partial charge in [-0.05, 0) is 69.4 Å². The summed E-state index contributed by atoms with van der Waals surface area (Å²) in [7, 11) is 1.56. The van der Waals surface area contributed by atoms with Crippen molar-refractivity contribution < 1.29 is 27.4 Å². The number of alkyl halides is 3. The topological polar surface area (TPSA) is 116 Å². The fourth-order valence-corrected chi connectivity index (χ4v) is 5.68. The van der Waals surface area contributed by atoms with Crippen LogP contribution in [0.2, 0.25) is 0 Å². The zero-order valence-corrected chi connectivity index (χ0v) is 25.1. The minimum atomic E-state index is -4.82. The second-order valence-electron chi connectivity index (χ2n) is 10.7. The van der Waals surface area contributed by atoms with E-state index in [4.69, 9.17) is 14.5 Å². The Kier molecular flexibility index (Phi) is 8.49. The highest BCUT2D eigenvalue weighted by atomic mass is 19.4. The van der Waals surface area contributed by atoms with Gasteiger partial charge in [-0.2, -0.15) is 28.6 Å². The average molecular weight is 611 g/mol. The normalized spacial score (nSPS) is 13.0. The summed E-state index contributed by atoms with van der Waals surface area (Å²) in [5.74, 6) is 0.341. The fraction of sp³-hybridized carbons (Fsp3) is 0.387. The van der Waals surface area contributed by atoms with Crippen LogP contribution >= 0.6 is 0 Å². The summed E-state index contributed by atoms with van der Waals surface area (Å²) in [6, 6.07) is 9.63. The summed E-state index contributed by atoms with van der Waals surface area (Å²) in [5.41, 5.74) is 4.01. The summed E-state index contributed by atoms with van der Waals surface area (Å²) >= 11 is 0. The number of Topliss-reactive ketones (excluding diaryl/α,β-unsaturated/α-hetero) is 1. The number of H-pyrrole nitrogens is 1. The number of halogens is 3. The van der Waals surface area contributed by atoms with E-state index in [1.807, 2.05) is 63.2 Å². The molecule has 1 aliphatic rings. The molecule has 0 unspecified atom stereocenters. The monoisotopic (exact) mass is 610 g/mol. The first-order chi connectivity index (χ1) is 20.9. The predicted octanol–water partition coefficient (Wildman–Crippen LogP) is 5.24. The summed E-state index contributed by atoms with van der Waals surface area (Å²) in [4.78, 5) is 31.7. The summed E-state index contributed by atoms with van der Waals surface area (Å²) in [6.07, 6.45) is -4.43. The zero-order chi connectivity index (χ0) is 31.8. The van der Waals surface area contributed by atoms with Crippen LogP contribution in [0.1, 0.15) is 58.2 Å². The van der Waals surface area contributed by atoms with Gasteiger partial charge in [-0.3, -0.25) is 13.9 Å². The molecule has 13 heteroatoms. The van der Waals surface area contributed by atoms with Crippen molar-refractivity contribution in [2.45, 2.75) is 66.2 Å². The molecule has 232 valence electrons. The lowest BCUT2D eigenvalue weighted by Crippen LogP contribution is -2.42. The van der Waals surface area contributed by atoms with E-state index >= 15 is 0 Å². The Bertz CT molecular complexity index is 1850. The van der Waals surface area contributed by atoms with Gasteiger partial charge in [0.05, 0.1) is 25.1 Å². The lowest BCUT2D eigenvalue weighted by molar-refractivity contribution is -0.141. The van der Waals surface area contributed by atoms with E-state index in [9.17, 15) is 22.8 Å². The van der Waals surface area contributed by atoms with Crippen molar-refractivity contribution in [2.75, 3.05) is 13.7 Å². The van der Waals surface area contributed by atoms with E-state index in [1.54, 1.807) is 11.7 Å². The van der Waals surface area contributed by atoms with E-state index in [0.29, 0.717) is 47.9 Å². The van der Waals surface area contributed by atoms with Crippen LogP contribution in [0.15, 0.2) is 40.1 Å². The quantitative estimate of drug-likeness (QED) is 0.259. The Morgan fingerprint density at radius 1 is 1.07 bits per heavy atom. The Balaban J connectivity index is 1.60. The molecule has 2 aromatic carbocycles. The zero-order valence-electron chi connectivity index (χ0n) is 25.1. The van der Waals surface area contributed by atoms with Crippen LogP contribution in [0.4, 0.5) is 18.9 Å². The highest BCUT2D eigenvalue weighted by Gasteiger charge is 2.39.